The first kappa shape index (κ1) is 9.01. The summed E-state index contributed by atoms with van der Waals surface area (Å²) in [5, 5.41) is 3.47. The van der Waals surface area contributed by atoms with Crippen molar-refractivity contribution in [3.8, 4) is 0 Å². The fourth-order valence-electron chi connectivity index (χ4n) is 2.08. The highest BCUT2D eigenvalue weighted by Gasteiger charge is 2.07. The summed E-state index contributed by atoms with van der Waals surface area (Å²) in [6.07, 6.45) is 5.28. The minimum atomic E-state index is 1.02. The Kier molecular flexibility index (Phi) is 1.70. The highest BCUT2D eigenvalue weighted by atomic mass is 32.1. The minimum absolute atomic E-state index is 1.02. The fourth-order valence-corrected chi connectivity index (χ4v) is 3.13. The molecule has 0 aliphatic carbocycles. The first-order chi connectivity index (χ1) is 8.42. The molecule has 0 atom stereocenters. The van der Waals surface area contributed by atoms with Crippen LogP contribution in [0.2, 0.25) is 0 Å². The van der Waals surface area contributed by atoms with E-state index in [2.05, 4.69) is 33.2 Å². The molecule has 0 unspecified atom stereocenters. The summed E-state index contributed by atoms with van der Waals surface area (Å²) >= 11 is 1.70. The van der Waals surface area contributed by atoms with Gasteiger partial charge in [0.25, 0.3) is 0 Å². The van der Waals surface area contributed by atoms with E-state index in [1.165, 1.54) is 15.5 Å². The number of thiophene rings is 1. The maximum atomic E-state index is 4.38. The number of aromatic nitrogens is 3. The van der Waals surface area contributed by atoms with Gasteiger partial charge < -0.3 is 0 Å². The second-order valence-corrected chi connectivity index (χ2v) is 4.92. The maximum Gasteiger partial charge on any atom is 0.127 e. The van der Waals surface area contributed by atoms with Crippen molar-refractivity contribution in [3.63, 3.8) is 0 Å². The van der Waals surface area contributed by atoms with Gasteiger partial charge in [-0.1, -0.05) is 6.07 Å². The van der Waals surface area contributed by atoms with Crippen molar-refractivity contribution in [2.45, 2.75) is 0 Å². The standard InChI is InChI=1S/C13H7N3S/c1-2-8-4-12-9(5-11(8)15-3-1)10-6-14-7-16-13(10)17-12/h1-7H. The van der Waals surface area contributed by atoms with Crippen LogP contribution >= 0.6 is 11.3 Å². The molecule has 4 rings (SSSR count). The molecular weight excluding hydrogens is 230 g/mol. The zero-order chi connectivity index (χ0) is 11.2. The molecule has 3 nitrogen and oxygen atoms in total. The third-order valence-electron chi connectivity index (χ3n) is 2.88. The largest absolute Gasteiger partial charge is 0.256 e. The Morgan fingerprint density at radius 3 is 3.06 bits per heavy atom. The summed E-state index contributed by atoms with van der Waals surface area (Å²) in [6.45, 7) is 0. The minimum Gasteiger partial charge on any atom is -0.256 e. The monoisotopic (exact) mass is 237 g/mol. The molecule has 0 fully saturated rings. The molecule has 3 aromatic heterocycles. The molecule has 4 aromatic rings. The molecule has 0 amide bonds. The summed E-state index contributed by atoms with van der Waals surface area (Å²) in [4.78, 5) is 13.8. The zero-order valence-corrected chi connectivity index (χ0v) is 9.61. The molecule has 0 saturated carbocycles. The molecule has 4 heteroatoms. The summed E-state index contributed by atoms with van der Waals surface area (Å²) in [5.41, 5.74) is 1.02. The van der Waals surface area contributed by atoms with E-state index in [1.807, 2.05) is 18.5 Å². The van der Waals surface area contributed by atoms with Crippen LogP contribution in [-0.4, -0.2) is 15.0 Å². The maximum absolute atomic E-state index is 4.38. The third-order valence-corrected chi connectivity index (χ3v) is 3.95. The Labute approximate surface area is 101 Å². The van der Waals surface area contributed by atoms with Crippen molar-refractivity contribution in [2.24, 2.45) is 0 Å². The molecule has 0 N–H and O–H groups in total. The molecule has 3 heterocycles. The molecule has 0 bridgehead atoms. The highest BCUT2D eigenvalue weighted by molar-refractivity contribution is 7.25. The van der Waals surface area contributed by atoms with Gasteiger partial charge in [-0.25, -0.2) is 9.97 Å². The molecule has 0 aliphatic heterocycles. The Morgan fingerprint density at radius 1 is 1.06 bits per heavy atom. The van der Waals surface area contributed by atoms with Gasteiger partial charge in [-0.2, -0.15) is 0 Å². The lowest BCUT2D eigenvalue weighted by Crippen LogP contribution is -1.77. The molecule has 0 radical (unpaired) electrons. The summed E-state index contributed by atoms with van der Waals surface area (Å²) in [7, 11) is 0. The molecule has 1 aromatic carbocycles. The smallest absolute Gasteiger partial charge is 0.127 e. The van der Waals surface area contributed by atoms with Crippen LogP contribution in [0.15, 0.2) is 43.0 Å². The number of fused-ring (bicyclic) bond motifs is 4. The van der Waals surface area contributed by atoms with E-state index in [0.29, 0.717) is 0 Å². The molecule has 80 valence electrons. The van der Waals surface area contributed by atoms with E-state index in [4.69, 9.17) is 0 Å². The predicted molar refractivity (Wildman–Crippen MR) is 70.2 cm³/mol. The summed E-state index contributed by atoms with van der Waals surface area (Å²) in [5.74, 6) is 0. The first-order valence-corrected chi connectivity index (χ1v) is 6.10. The normalized spacial score (nSPS) is 11.5. The van der Waals surface area contributed by atoms with E-state index in [9.17, 15) is 0 Å². The second kappa shape index (κ2) is 3.21. The molecule has 0 saturated heterocycles. The Morgan fingerprint density at radius 2 is 2.06 bits per heavy atom. The lowest BCUT2D eigenvalue weighted by molar-refractivity contribution is 1.24. The molecule has 0 spiro atoms. The SMILES string of the molecule is c1cnc2cc3c(cc2c1)sc1ncncc13. The van der Waals surface area contributed by atoms with Crippen LogP contribution in [0.3, 0.4) is 0 Å². The van der Waals surface area contributed by atoms with Crippen molar-refractivity contribution in [1.29, 1.82) is 0 Å². The van der Waals surface area contributed by atoms with Crippen molar-refractivity contribution in [1.82, 2.24) is 15.0 Å². The van der Waals surface area contributed by atoms with Gasteiger partial charge in [0.05, 0.1) is 5.52 Å². The van der Waals surface area contributed by atoms with Gasteiger partial charge in [0, 0.05) is 33.3 Å². The quantitative estimate of drug-likeness (QED) is 0.470. The highest BCUT2D eigenvalue weighted by Crippen LogP contribution is 2.34. The van der Waals surface area contributed by atoms with Gasteiger partial charge in [0.2, 0.25) is 0 Å². The van der Waals surface area contributed by atoms with E-state index < -0.39 is 0 Å². The average Bonchev–Trinajstić information content (AvgIpc) is 2.73. The van der Waals surface area contributed by atoms with Gasteiger partial charge in [-0.05, 0) is 18.2 Å². The van der Waals surface area contributed by atoms with Crippen LogP contribution < -0.4 is 0 Å². The van der Waals surface area contributed by atoms with Crippen LogP contribution in [0.1, 0.15) is 0 Å². The molecule has 0 aliphatic rings. The number of rotatable bonds is 0. The number of hydrogen-bond acceptors (Lipinski definition) is 4. The predicted octanol–water partition coefficient (Wildman–Crippen LogP) is 3.39. The molecule has 17 heavy (non-hydrogen) atoms. The lowest BCUT2D eigenvalue weighted by atomic mass is 10.1. The van der Waals surface area contributed by atoms with E-state index in [0.717, 1.165) is 15.7 Å². The first-order valence-electron chi connectivity index (χ1n) is 5.29. The van der Waals surface area contributed by atoms with Crippen LogP contribution in [0.5, 0.6) is 0 Å². The van der Waals surface area contributed by atoms with Crippen LogP contribution in [-0.2, 0) is 0 Å². The second-order valence-electron chi connectivity index (χ2n) is 3.89. The topological polar surface area (TPSA) is 38.7 Å². The van der Waals surface area contributed by atoms with Crippen molar-refractivity contribution >= 4 is 42.5 Å². The summed E-state index contributed by atoms with van der Waals surface area (Å²) < 4.78 is 1.24. The lowest BCUT2D eigenvalue weighted by Gasteiger charge is -1.96. The number of nitrogens with zero attached hydrogens (tertiary/aromatic N) is 3. The Balaban J connectivity index is 2.28. The van der Waals surface area contributed by atoms with Crippen LogP contribution in [0.4, 0.5) is 0 Å². The van der Waals surface area contributed by atoms with Crippen molar-refractivity contribution in [3.05, 3.63) is 43.0 Å². The van der Waals surface area contributed by atoms with Crippen LogP contribution in [0, 0.1) is 0 Å². The van der Waals surface area contributed by atoms with Crippen molar-refractivity contribution < 1.29 is 0 Å². The van der Waals surface area contributed by atoms with Gasteiger partial charge in [0.1, 0.15) is 11.2 Å². The summed E-state index contributed by atoms with van der Waals surface area (Å²) in [6, 6.07) is 8.33. The van der Waals surface area contributed by atoms with Gasteiger partial charge in [0.15, 0.2) is 0 Å². The van der Waals surface area contributed by atoms with Gasteiger partial charge >= 0.3 is 0 Å². The van der Waals surface area contributed by atoms with Crippen molar-refractivity contribution in [2.75, 3.05) is 0 Å². The Hall–Kier alpha value is -2.07. The number of benzene rings is 1. The number of hydrogen-bond donors (Lipinski definition) is 0. The van der Waals surface area contributed by atoms with E-state index in [1.54, 1.807) is 17.7 Å². The average molecular weight is 237 g/mol. The van der Waals surface area contributed by atoms with E-state index in [-0.39, 0.29) is 0 Å². The third kappa shape index (κ3) is 1.24. The zero-order valence-electron chi connectivity index (χ0n) is 8.79. The van der Waals surface area contributed by atoms with E-state index >= 15 is 0 Å². The van der Waals surface area contributed by atoms with Crippen LogP contribution in [0.25, 0.3) is 31.2 Å². The number of pyridine rings is 1. The van der Waals surface area contributed by atoms with Gasteiger partial charge in [-0.15, -0.1) is 11.3 Å². The van der Waals surface area contributed by atoms with Gasteiger partial charge in [-0.3, -0.25) is 4.98 Å². The molecular formula is C13H7N3S. The fraction of sp³-hybridized carbons (Fsp3) is 0. The Bertz CT molecular complexity index is 845.